The van der Waals surface area contributed by atoms with Gasteiger partial charge in [-0.2, -0.15) is 0 Å². The van der Waals surface area contributed by atoms with Crippen LogP contribution in [-0.4, -0.2) is 21.6 Å². The standard InChI is InChI=1S/C10H11F2NO3S/c11-9-4-3-7(10(12)8(9)6-14)2-1-5-13-17(15)16/h3-4,6,13H,1-2,5H2,(H,15,16). The first-order valence-electron chi connectivity index (χ1n) is 4.82. The Kier molecular flexibility index (Phi) is 5.33. The molecule has 1 aromatic rings. The van der Waals surface area contributed by atoms with E-state index < -0.39 is 28.5 Å². The van der Waals surface area contributed by atoms with Gasteiger partial charge in [0, 0.05) is 6.54 Å². The Labute approximate surface area is 99.4 Å². The van der Waals surface area contributed by atoms with Gasteiger partial charge in [-0.15, -0.1) is 0 Å². The molecule has 2 N–H and O–H groups in total. The van der Waals surface area contributed by atoms with Crippen molar-refractivity contribution >= 4 is 17.6 Å². The van der Waals surface area contributed by atoms with Crippen molar-refractivity contribution in [2.75, 3.05) is 6.54 Å². The van der Waals surface area contributed by atoms with Crippen LogP contribution in [-0.2, 0) is 17.7 Å². The van der Waals surface area contributed by atoms with E-state index in [1.54, 1.807) is 0 Å². The third-order valence-electron chi connectivity index (χ3n) is 2.17. The van der Waals surface area contributed by atoms with Crippen LogP contribution in [0.25, 0.3) is 0 Å². The van der Waals surface area contributed by atoms with Crippen LogP contribution < -0.4 is 4.72 Å². The number of hydrogen-bond acceptors (Lipinski definition) is 2. The van der Waals surface area contributed by atoms with Crippen molar-refractivity contribution in [1.29, 1.82) is 0 Å². The highest BCUT2D eigenvalue weighted by molar-refractivity contribution is 7.77. The van der Waals surface area contributed by atoms with Gasteiger partial charge < -0.3 is 0 Å². The molecule has 0 aliphatic heterocycles. The van der Waals surface area contributed by atoms with Crippen molar-refractivity contribution in [2.45, 2.75) is 12.8 Å². The van der Waals surface area contributed by atoms with E-state index in [0.29, 0.717) is 6.42 Å². The molecule has 0 saturated heterocycles. The molecule has 0 saturated carbocycles. The summed E-state index contributed by atoms with van der Waals surface area (Å²) in [5.41, 5.74) is -0.375. The van der Waals surface area contributed by atoms with Crippen molar-refractivity contribution < 1.29 is 22.3 Å². The third kappa shape index (κ3) is 3.95. The van der Waals surface area contributed by atoms with E-state index in [1.807, 2.05) is 0 Å². The Hall–Kier alpha value is -1.18. The van der Waals surface area contributed by atoms with Crippen LogP contribution in [0.3, 0.4) is 0 Å². The number of aldehydes is 1. The molecule has 1 atom stereocenters. The Bertz CT molecular complexity index is 440. The molecule has 1 unspecified atom stereocenters. The van der Waals surface area contributed by atoms with Crippen LogP contribution in [0.5, 0.6) is 0 Å². The molecular formula is C10H11F2NO3S. The second-order valence-corrected chi connectivity index (χ2v) is 4.09. The number of nitrogens with one attached hydrogen (secondary N) is 1. The molecule has 0 spiro atoms. The molecule has 1 aromatic carbocycles. The van der Waals surface area contributed by atoms with Gasteiger partial charge in [0.25, 0.3) is 0 Å². The maximum absolute atomic E-state index is 13.5. The zero-order chi connectivity index (χ0) is 12.8. The van der Waals surface area contributed by atoms with E-state index in [0.717, 1.165) is 6.07 Å². The minimum absolute atomic E-state index is 0.134. The van der Waals surface area contributed by atoms with E-state index in [2.05, 4.69) is 4.72 Å². The summed E-state index contributed by atoms with van der Waals surface area (Å²) in [6.45, 7) is 0.219. The zero-order valence-corrected chi connectivity index (χ0v) is 9.60. The van der Waals surface area contributed by atoms with Gasteiger partial charge in [0.2, 0.25) is 11.3 Å². The van der Waals surface area contributed by atoms with Gasteiger partial charge >= 0.3 is 0 Å². The van der Waals surface area contributed by atoms with Crippen molar-refractivity contribution in [3.63, 3.8) is 0 Å². The van der Waals surface area contributed by atoms with Gasteiger partial charge in [0.1, 0.15) is 11.6 Å². The summed E-state index contributed by atoms with van der Waals surface area (Å²) in [6, 6.07) is 2.29. The fourth-order valence-corrected chi connectivity index (χ4v) is 1.67. The quantitative estimate of drug-likeness (QED) is 0.463. The van der Waals surface area contributed by atoms with Crippen molar-refractivity contribution in [2.24, 2.45) is 0 Å². The number of carbonyl (C=O) groups is 1. The van der Waals surface area contributed by atoms with Crippen LogP contribution in [0.15, 0.2) is 12.1 Å². The van der Waals surface area contributed by atoms with Crippen LogP contribution in [0, 0.1) is 11.6 Å². The first kappa shape index (κ1) is 13.9. The van der Waals surface area contributed by atoms with Crippen LogP contribution in [0.4, 0.5) is 8.78 Å². The topological polar surface area (TPSA) is 66.4 Å². The van der Waals surface area contributed by atoms with Crippen LogP contribution in [0.1, 0.15) is 22.3 Å². The monoisotopic (exact) mass is 263 g/mol. The molecule has 17 heavy (non-hydrogen) atoms. The molecule has 0 radical (unpaired) electrons. The van der Waals surface area contributed by atoms with Gasteiger partial charge in [-0.25, -0.2) is 17.7 Å². The third-order valence-corrected chi connectivity index (χ3v) is 2.62. The predicted molar refractivity (Wildman–Crippen MR) is 58.8 cm³/mol. The van der Waals surface area contributed by atoms with Gasteiger partial charge in [-0.1, -0.05) is 6.07 Å². The Morgan fingerprint density at radius 3 is 2.71 bits per heavy atom. The molecule has 4 nitrogen and oxygen atoms in total. The normalized spacial score (nSPS) is 12.4. The van der Waals surface area contributed by atoms with Gasteiger partial charge in [-0.3, -0.25) is 9.35 Å². The predicted octanol–water partition coefficient (Wildman–Crippen LogP) is 1.44. The lowest BCUT2D eigenvalue weighted by atomic mass is 10.1. The van der Waals surface area contributed by atoms with Crippen LogP contribution >= 0.6 is 0 Å². The number of halogens is 2. The minimum atomic E-state index is -2.10. The second-order valence-electron chi connectivity index (χ2n) is 3.30. The van der Waals surface area contributed by atoms with E-state index in [-0.39, 0.29) is 24.8 Å². The first-order valence-corrected chi connectivity index (χ1v) is 5.93. The smallest absolute Gasteiger partial charge is 0.231 e. The van der Waals surface area contributed by atoms with Gasteiger partial charge in [0.05, 0.1) is 5.56 Å². The van der Waals surface area contributed by atoms with Gasteiger partial charge in [0.15, 0.2) is 6.29 Å². The molecule has 0 aliphatic rings. The van der Waals surface area contributed by atoms with E-state index >= 15 is 0 Å². The molecular weight excluding hydrogens is 252 g/mol. The summed E-state index contributed by atoms with van der Waals surface area (Å²) >= 11 is -2.10. The fourth-order valence-electron chi connectivity index (χ4n) is 1.35. The van der Waals surface area contributed by atoms with E-state index in [1.165, 1.54) is 6.07 Å². The lowest BCUT2D eigenvalue weighted by Gasteiger charge is -2.05. The highest BCUT2D eigenvalue weighted by Gasteiger charge is 2.12. The maximum Gasteiger partial charge on any atom is 0.231 e. The number of rotatable bonds is 6. The van der Waals surface area contributed by atoms with Gasteiger partial charge in [-0.05, 0) is 24.5 Å². The molecule has 0 amide bonds. The van der Waals surface area contributed by atoms with Crippen molar-refractivity contribution in [1.82, 2.24) is 4.72 Å². The van der Waals surface area contributed by atoms with Crippen molar-refractivity contribution in [3.05, 3.63) is 34.9 Å². The molecule has 94 valence electrons. The fraction of sp³-hybridized carbons (Fsp3) is 0.300. The lowest BCUT2D eigenvalue weighted by molar-refractivity contribution is 0.111. The molecule has 0 fully saturated rings. The number of aryl methyl sites for hydroxylation is 1. The van der Waals surface area contributed by atoms with Crippen LogP contribution in [0.2, 0.25) is 0 Å². The average Bonchev–Trinajstić information content (AvgIpc) is 2.27. The number of benzene rings is 1. The number of carbonyl (C=O) groups excluding carboxylic acids is 1. The number of hydrogen-bond donors (Lipinski definition) is 2. The minimum Gasteiger partial charge on any atom is -0.298 e. The summed E-state index contributed by atoms with van der Waals surface area (Å²) in [7, 11) is 0. The highest BCUT2D eigenvalue weighted by Crippen LogP contribution is 2.16. The molecule has 0 aromatic heterocycles. The largest absolute Gasteiger partial charge is 0.298 e. The molecule has 0 bridgehead atoms. The first-order chi connectivity index (χ1) is 8.06. The summed E-state index contributed by atoms with van der Waals surface area (Å²) in [5, 5.41) is 0. The van der Waals surface area contributed by atoms with E-state index in [4.69, 9.17) is 4.55 Å². The van der Waals surface area contributed by atoms with Crippen molar-refractivity contribution in [3.8, 4) is 0 Å². The molecule has 0 aliphatic carbocycles. The summed E-state index contributed by atoms with van der Waals surface area (Å²) in [6.07, 6.45) is 0.777. The second kappa shape index (κ2) is 6.53. The van der Waals surface area contributed by atoms with E-state index in [9.17, 15) is 17.8 Å². The lowest BCUT2D eigenvalue weighted by Crippen LogP contribution is -2.18. The Balaban J connectivity index is 2.66. The Morgan fingerprint density at radius 1 is 1.41 bits per heavy atom. The summed E-state index contributed by atoms with van der Waals surface area (Å²) < 4.78 is 47.4. The maximum atomic E-state index is 13.5. The molecule has 1 rings (SSSR count). The average molecular weight is 263 g/mol. The molecule has 0 heterocycles. The highest BCUT2D eigenvalue weighted by atomic mass is 32.2. The SMILES string of the molecule is O=Cc1c(F)ccc(CCCNS(=O)O)c1F. The summed E-state index contributed by atoms with van der Waals surface area (Å²) in [4.78, 5) is 10.5. The zero-order valence-electron chi connectivity index (χ0n) is 8.78. The Morgan fingerprint density at radius 2 is 2.12 bits per heavy atom. The summed E-state index contributed by atoms with van der Waals surface area (Å²) in [5.74, 6) is -1.76. The molecule has 7 heteroatoms.